The molecule has 1 aromatic heterocycles. The van der Waals surface area contributed by atoms with Gasteiger partial charge in [0.15, 0.2) is 0 Å². The van der Waals surface area contributed by atoms with Crippen LogP contribution in [-0.4, -0.2) is 21.0 Å². The number of carboxylic acid groups (broad SMARTS) is 1. The molecule has 0 aliphatic carbocycles. The SMILES string of the molecule is O=C(O)c1cc2nc[nH]c2cc1CBr. The number of imidazole rings is 1. The number of hydrogen-bond acceptors (Lipinski definition) is 2. The number of rotatable bonds is 2. The summed E-state index contributed by atoms with van der Waals surface area (Å²) < 4.78 is 0. The lowest BCUT2D eigenvalue weighted by Crippen LogP contribution is -2.00. The number of benzene rings is 1. The smallest absolute Gasteiger partial charge is 0.336 e. The van der Waals surface area contributed by atoms with E-state index in [4.69, 9.17) is 5.11 Å². The molecular formula is C9H7BrN2O2. The number of nitrogens with one attached hydrogen (secondary N) is 1. The molecule has 0 aliphatic rings. The number of aromatic carboxylic acids is 1. The molecule has 1 heterocycles. The van der Waals surface area contributed by atoms with Crippen molar-refractivity contribution in [3.05, 3.63) is 29.6 Å². The molecule has 0 atom stereocenters. The number of halogens is 1. The maximum atomic E-state index is 10.9. The molecule has 0 unspecified atom stereocenters. The number of fused-ring (bicyclic) bond motifs is 1. The number of aromatic amines is 1. The minimum atomic E-state index is -0.927. The highest BCUT2D eigenvalue weighted by Crippen LogP contribution is 2.19. The number of alkyl halides is 1. The molecular weight excluding hydrogens is 248 g/mol. The third-order valence-electron chi connectivity index (χ3n) is 2.02. The molecule has 2 rings (SSSR count). The van der Waals surface area contributed by atoms with E-state index in [2.05, 4.69) is 25.9 Å². The molecule has 0 saturated carbocycles. The molecule has 72 valence electrons. The number of H-pyrrole nitrogens is 1. The minimum absolute atomic E-state index is 0.293. The Kier molecular flexibility index (Phi) is 2.25. The lowest BCUT2D eigenvalue weighted by Gasteiger charge is -2.01. The Balaban J connectivity index is 2.72. The number of aromatic nitrogens is 2. The van der Waals surface area contributed by atoms with E-state index in [1.54, 1.807) is 18.5 Å². The van der Waals surface area contributed by atoms with Gasteiger partial charge in [-0.1, -0.05) is 15.9 Å². The van der Waals surface area contributed by atoms with Crippen LogP contribution in [0.15, 0.2) is 18.5 Å². The van der Waals surface area contributed by atoms with Crippen LogP contribution >= 0.6 is 15.9 Å². The van der Waals surface area contributed by atoms with Crippen LogP contribution in [0.5, 0.6) is 0 Å². The Morgan fingerprint density at radius 1 is 1.57 bits per heavy atom. The second kappa shape index (κ2) is 3.42. The molecule has 0 aliphatic heterocycles. The fourth-order valence-corrected chi connectivity index (χ4v) is 1.80. The third-order valence-corrected chi connectivity index (χ3v) is 2.62. The van der Waals surface area contributed by atoms with Crippen LogP contribution in [-0.2, 0) is 5.33 Å². The highest BCUT2D eigenvalue weighted by atomic mass is 79.9. The summed E-state index contributed by atoms with van der Waals surface area (Å²) in [6.07, 6.45) is 1.55. The van der Waals surface area contributed by atoms with E-state index >= 15 is 0 Å². The van der Waals surface area contributed by atoms with Gasteiger partial charge >= 0.3 is 5.97 Å². The Labute approximate surface area is 88.1 Å². The van der Waals surface area contributed by atoms with Crippen molar-refractivity contribution in [1.82, 2.24) is 9.97 Å². The van der Waals surface area contributed by atoms with Gasteiger partial charge in [0.1, 0.15) is 0 Å². The van der Waals surface area contributed by atoms with E-state index < -0.39 is 5.97 Å². The van der Waals surface area contributed by atoms with Gasteiger partial charge in [-0.05, 0) is 17.7 Å². The van der Waals surface area contributed by atoms with E-state index in [1.807, 2.05) is 0 Å². The normalized spacial score (nSPS) is 10.6. The summed E-state index contributed by atoms with van der Waals surface area (Å²) in [6, 6.07) is 3.37. The highest BCUT2D eigenvalue weighted by Gasteiger charge is 2.11. The average molecular weight is 255 g/mol. The van der Waals surface area contributed by atoms with E-state index in [0.29, 0.717) is 16.4 Å². The van der Waals surface area contributed by atoms with Gasteiger partial charge in [0.25, 0.3) is 0 Å². The van der Waals surface area contributed by atoms with Crippen LogP contribution in [0.1, 0.15) is 15.9 Å². The molecule has 2 N–H and O–H groups in total. The molecule has 0 radical (unpaired) electrons. The zero-order valence-corrected chi connectivity index (χ0v) is 8.71. The zero-order valence-electron chi connectivity index (χ0n) is 7.12. The Morgan fingerprint density at radius 3 is 3.00 bits per heavy atom. The predicted molar refractivity (Wildman–Crippen MR) is 55.7 cm³/mol. The Morgan fingerprint density at radius 2 is 2.36 bits per heavy atom. The van der Waals surface area contributed by atoms with Gasteiger partial charge in [-0.25, -0.2) is 9.78 Å². The fraction of sp³-hybridized carbons (Fsp3) is 0.111. The molecule has 4 nitrogen and oxygen atoms in total. The minimum Gasteiger partial charge on any atom is -0.478 e. The second-order valence-electron chi connectivity index (χ2n) is 2.87. The fourth-order valence-electron chi connectivity index (χ4n) is 1.34. The van der Waals surface area contributed by atoms with Crippen molar-refractivity contribution in [3.63, 3.8) is 0 Å². The highest BCUT2D eigenvalue weighted by molar-refractivity contribution is 9.08. The van der Waals surface area contributed by atoms with Crippen molar-refractivity contribution in [3.8, 4) is 0 Å². The summed E-state index contributed by atoms with van der Waals surface area (Å²) in [7, 11) is 0. The first-order valence-corrected chi connectivity index (χ1v) is 5.10. The van der Waals surface area contributed by atoms with Crippen LogP contribution in [0.25, 0.3) is 11.0 Å². The van der Waals surface area contributed by atoms with Gasteiger partial charge in [-0.2, -0.15) is 0 Å². The monoisotopic (exact) mass is 254 g/mol. The quantitative estimate of drug-likeness (QED) is 0.808. The molecule has 0 bridgehead atoms. The average Bonchev–Trinajstić information content (AvgIpc) is 2.62. The standard InChI is InChI=1S/C9H7BrN2O2/c10-3-5-1-7-8(12-4-11-7)2-6(5)9(13)14/h1-2,4H,3H2,(H,11,12)(H,13,14). The van der Waals surface area contributed by atoms with Crippen molar-refractivity contribution in [2.24, 2.45) is 0 Å². The second-order valence-corrected chi connectivity index (χ2v) is 3.43. The molecule has 14 heavy (non-hydrogen) atoms. The Hall–Kier alpha value is -1.36. The van der Waals surface area contributed by atoms with Gasteiger partial charge in [-0.15, -0.1) is 0 Å². The largest absolute Gasteiger partial charge is 0.478 e. The van der Waals surface area contributed by atoms with Crippen molar-refractivity contribution in [2.75, 3.05) is 0 Å². The number of carbonyl (C=O) groups is 1. The van der Waals surface area contributed by atoms with Crippen LogP contribution in [0.4, 0.5) is 0 Å². The topological polar surface area (TPSA) is 66.0 Å². The first kappa shape index (κ1) is 9.21. The molecule has 5 heteroatoms. The van der Waals surface area contributed by atoms with Crippen molar-refractivity contribution >= 4 is 32.9 Å². The van der Waals surface area contributed by atoms with Gasteiger partial charge < -0.3 is 10.1 Å². The number of nitrogens with zero attached hydrogens (tertiary/aromatic N) is 1. The number of carboxylic acids is 1. The van der Waals surface area contributed by atoms with Crippen molar-refractivity contribution in [1.29, 1.82) is 0 Å². The maximum Gasteiger partial charge on any atom is 0.336 e. The lowest BCUT2D eigenvalue weighted by atomic mass is 10.1. The first-order chi connectivity index (χ1) is 6.72. The molecule has 0 saturated heterocycles. The van der Waals surface area contributed by atoms with Crippen LogP contribution in [0, 0.1) is 0 Å². The summed E-state index contributed by atoms with van der Waals surface area (Å²) in [6.45, 7) is 0. The molecule has 0 amide bonds. The van der Waals surface area contributed by atoms with Gasteiger partial charge in [-0.3, -0.25) is 0 Å². The summed E-state index contributed by atoms with van der Waals surface area (Å²) >= 11 is 3.25. The van der Waals surface area contributed by atoms with Gasteiger partial charge in [0.2, 0.25) is 0 Å². The summed E-state index contributed by atoms with van der Waals surface area (Å²) in [5, 5.41) is 9.45. The summed E-state index contributed by atoms with van der Waals surface area (Å²) in [5.74, 6) is -0.927. The van der Waals surface area contributed by atoms with Crippen LogP contribution in [0.2, 0.25) is 0 Å². The first-order valence-electron chi connectivity index (χ1n) is 3.97. The molecule has 0 fully saturated rings. The van der Waals surface area contributed by atoms with E-state index in [-0.39, 0.29) is 0 Å². The molecule has 0 spiro atoms. The lowest BCUT2D eigenvalue weighted by molar-refractivity contribution is 0.0696. The van der Waals surface area contributed by atoms with E-state index in [9.17, 15) is 4.79 Å². The number of hydrogen-bond donors (Lipinski definition) is 2. The Bertz CT molecular complexity index is 493. The predicted octanol–water partition coefficient (Wildman–Crippen LogP) is 2.16. The van der Waals surface area contributed by atoms with Crippen LogP contribution in [0.3, 0.4) is 0 Å². The van der Waals surface area contributed by atoms with Crippen molar-refractivity contribution in [2.45, 2.75) is 5.33 Å². The molecule has 1 aromatic carbocycles. The van der Waals surface area contributed by atoms with E-state index in [0.717, 1.165) is 11.1 Å². The summed E-state index contributed by atoms with van der Waals surface area (Å²) in [5.41, 5.74) is 2.56. The third kappa shape index (κ3) is 1.39. The van der Waals surface area contributed by atoms with Crippen molar-refractivity contribution < 1.29 is 9.90 Å². The summed E-state index contributed by atoms with van der Waals surface area (Å²) in [4.78, 5) is 17.8. The maximum absolute atomic E-state index is 10.9. The van der Waals surface area contributed by atoms with Gasteiger partial charge in [0, 0.05) is 5.33 Å². The zero-order chi connectivity index (χ0) is 10.1. The van der Waals surface area contributed by atoms with E-state index in [1.165, 1.54) is 0 Å². The molecule has 2 aromatic rings. The van der Waals surface area contributed by atoms with Crippen LogP contribution < -0.4 is 0 Å². The van der Waals surface area contributed by atoms with Gasteiger partial charge in [0.05, 0.1) is 22.9 Å².